The summed E-state index contributed by atoms with van der Waals surface area (Å²) in [5.41, 5.74) is 0.943. The first-order valence-electron chi connectivity index (χ1n) is 6.32. The molecule has 0 aliphatic carbocycles. The molecule has 8 heteroatoms. The minimum atomic E-state index is -3.12. The van der Waals surface area contributed by atoms with Crippen LogP contribution in [0.1, 0.15) is 4.88 Å². The minimum Gasteiger partial charge on any atom is -0.358 e. The maximum Gasteiger partial charge on any atom is 0.208 e. The Bertz CT molecular complexity index is 704. The van der Waals surface area contributed by atoms with E-state index < -0.39 is 10.0 Å². The molecule has 0 saturated heterocycles. The van der Waals surface area contributed by atoms with Crippen molar-refractivity contribution >= 4 is 37.8 Å². The maximum atomic E-state index is 11.0. The Balaban J connectivity index is 1.96. The van der Waals surface area contributed by atoms with E-state index in [9.17, 15) is 8.42 Å². The predicted molar refractivity (Wildman–Crippen MR) is 90.7 cm³/mol. The summed E-state index contributed by atoms with van der Waals surface area (Å²) in [6.07, 6.45) is 3.64. The lowest BCUT2D eigenvalue weighted by atomic mass is 10.3. The highest BCUT2D eigenvalue weighted by atomic mass is 32.2. The zero-order valence-corrected chi connectivity index (χ0v) is 14.1. The molecule has 0 spiro atoms. The summed E-state index contributed by atoms with van der Waals surface area (Å²) in [4.78, 5) is 6.73. The number of hydrogen-bond donors (Lipinski definition) is 2. The van der Waals surface area contributed by atoms with E-state index in [1.165, 1.54) is 6.26 Å². The van der Waals surface area contributed by atoms with Crippen molar-refractivity contribution in [2.75, 3.05) is 24.7 Å². The van der Waals surface area contributed by atoms with Crippen molar-refractivity contribution in [1.29, 1.82) is 0 Å². The van der Waals surface area contributed by atoms with Crippen LogP contribution >= 0.6 is 22.7 Å². The van der Waals surface area contributed by atoms with E-state index in [4.69, 9.17) is 0 Å². The van der Waals surface area contributed by atoms with E-state index in [-0.39, 0.29) is 0 Å². The molecule has 0 atom stereocenters. The normalized spacial score (nSPS) is 11.5. The summed E-state index contributed by atoms with van der Waals surface area (Å²) < 4.78 is 24.5. The molecule has 0 unspecified atom stereocenters. The fraction of sp³-hybridized carbons (Fsp3) is 0.308. The molecule has 2 heterocycles. The fourth-order valence-electron chi connectivity index (χ4n) is 1.64. The number of aromatic nitrogens is 1. The molecule has 0 aliphatic rings. The largest absolute Gasteiger partial charge is 0.358 e. The topological polar surface area (TPSA) is 71.1 Å². The van der Waals surface area contributed by atoms with E-state index >= 15 is 0 Å². The quantitative estimate of drug-likeness (QED) is 0.723. The Kier molecular flexibility index (Phi) is 5.51. The van der Waals surface area contributed by atoms with Gasteiger partial charge in [-0.2, -0.15) is 0 Å². The van der Waals surface area contributed by atoms with E-state index in [0.29, 0.717) is 19.5 Å². The first kappa shape index (κ1) is 16.2. The molecule has 2 N–H and O–H groups in total. The van der Waals surface area contributed by atoms with E-state index in [2.05, 4.69) is 21.6 Å². The van der Waals surface area contributed by atoms with Crippen molar-refractivity contribution in [1.82, 2.24) is 9.71 Å². The highest BCUT2D eigenvalue weighted by molar-refractivity contribution is 7.88. The molecule has 2 rings (SSSR count). The van der Waals surface area contributed by atoms with Crippen LogP contribution in [0.2, 0.25) is 0 Å². The van der Waals surface area contributed by atoms with Gasteiger partial charge in [-0.15, -0.1) is 29.3 Å². The SMILES string of the molecule is C=CCNc1nc(-c2ccc(CCNS(C)(=O)=O)s2)cs1. The van der Waals surface area contributed by atoms with E-state index in [1.54, 1.807) is 28.7 Å². The Labute approximate surface area is 132 Å². The number of thiazole rings is 1. The van der Waals surface area contributed by atoms with Crippen LogP contribution in [0.25, 0.3) is 10.6 Å². The predicted octanol–water partition coefficient (Wildman–Crippen LogP) is 2.56. The van der Waals surface area contributed by atoms with Gasteiger partial charge in [0, 0.05) is 23.3 Å². The number of rotatable bonds is 8. The third-order valence-corrected chi connectivity index (χ3v) is 5.25. The molecule has 2 aromatic rings. The third-order valence-electron chi connectivity index (χ3n) is 2.55. The van der Waals surface area contributed by atoms with Gasteiger partial charge in [0.1, 0.15) is 0 Å². The monoisotopic (exact) mass is 343 g/mol. The molecule has 0 saturated carbocycles. The Hall–Kier alpha value is -1.22. The van der Waals surface area contributed by atoms with Crippen molar-refractivity contribution in [2.24, 2.45) is 0 Å². The van der Waals surface area contributed by atoms with Crippen molar-refractivity contribution in [3.63, 3.8) is 0 Å². The molecule has 21 heavy (non-hydrogen) atoms. The maximum absolute atomic E-state index is 11.0. The van der Waals surface area contributed by atoms with Crippen molar-refractivity contribution < 1.29 is 8.42 Å². The fourth-order valence-corrected chi connectivity index (χ4v) is 3.87. The highest BCUT2D eigenvalue weighted by Gasteiger charge is 2.08. The summed E-state index contributed by atoms with van der Waals surface area (Å²) in [5.74, 6) is 0. The number of sulfonamides is 1. The van der Waals surface area contributed by atoms with Crippen molar-refractivity contribution in [2.45, 2.75) is 6.42 Å². The van der Waals surface area contributed by atoms with Crippen molar-refractivity contribution in [3.8, 4) is 10.6 Å². The minimum absolute atomic E-state index is 0.419. The van der Waals surface area contributed by atoms with E-state index in [0.717, 1.165) is 20.6 Å². The number of anilines is 1. The molecule has 0 amide bonds. The highest BCUT2D eigenvalue weighted by Crippen LogP contribution is 2.30. The van der Waals surface area contributed by atoms with Crippen LogP contribution in [0.3, 0.4) is 0 Å². The standard InChI is InChI=1S/C13H17N3O2S3/c1-3-7-14-13-16-11(9-19-13)12-5-4-10(20-12)6-8-15-21(2,17)18/h3-5,9,15H,1,6-8H2,2H3,(H,14,16). The van der Waals surface area contributed by atoms with Crippen LogP contribution in [-0.2, 0) is 16.4 Å². The van der Waals surface area contributed by atoms with Gasteiger partial charge in [-0.1, -0.05) is 6.08 Å². The van der Waals surface area contributed by atoms with Gasteiger partial charge >= 0.3 is 0 Å². The molecule has 0 aliphatic heterocycles. The van der Waals surface area contributed by atoms with Gasteiger partial charge in [0.15, 0.2) is 5.13 Å². The van der Waals surface area contributed by atoms with Crippen LogP contribution in [0, 0.1) is 0 Å². The van der Waals surface area contributed by atoms with Gasteiger partial charge in [-0.3, -0.25) is 0 Å². The number of thiophene rings is 1. The van der Waals surface area contributed by atoms with Crippen LogP contribution in [-0.4, -0.2) is 32.7 Å². The average Bonchev–Trinajstić information content (AvgIpc) is 3.03. The molecule has 0 aromatic carbocycles. The van der Waals surface area contributed by atoms with Gasteiger partial charge < -0.3 is 5.32 Å². The lowest BCUT2D eigenvalue weighted by Crippen LogP contribution is -2.23. The zero-order valence-electron chi connectivity index (χ0n) is 11.6. The Morgan fingerprint density at radius 2 is 2.24 bits per heavy atom. The molecule has 114 valence electrons. The van der Waals surface area contributed by atoms with Gasteiger partial charge in [-0.05, 0) is 18.6 Å². The third kappa shape index (κ3) is 5.24. The van der Waals surface area contributed by atoms with Crippen LogP contribution in [0.5, 0.6) is 0 Å². The van der Waals surface area contributed by atoms with Gasteiger partial charge in [0.25, 0.3) is 0 Å². The van der Waals surface area contributed by atoms with Gasteiger partial charge in [0.05, 0.1) is 16.8 Å². The number of nitrogens with one attached hydrogen (secondary N) is 2. The van der Waals surface area contributed by atoms with Gasteiger partial charge in [0.2, 0.25) is 10.0 Å². The summed E-state index contributed by atoms with van der Waals surface area (Å²) >= 11 is 3.19. The summed E-state index contributed by atoms with van der Waals surface area (Å²) in [6.45, 7) is 4.77. The first-order chi connectivity index (χ1) is 9.98. The summed E-state index contributed by atoms with van der Waals surface area (Å²) in [6, 6.07) is 4.03. The number of hydrogen-bond acceptors (Lipinski definition) is 6. The lowest BCUT2D eigenvalue weighted by molar-refractivity contribution is 0.588. The number of nitrogens with zero attached hydrogens (tertiary/aromatic N) is 1. The van der Waals surface area contributed by atoms with Crippen molar-refractivity contribution in [3.05, 3.63) is 35.0 Å². The smallest absolute Gasteiger partial charge is 0.208 e. The second-order valence-electron chi connectivity index (χ2n) is 4.39. The lowest BCUT2D eigenvalue weighted by Gasteiger charge is -1.99. The zero-order chi connectivity index (χ0) is 15.3. The first-order valence-corrected chi connectivity index (χ1v) is 9.91. The van der Waals surface area contributed by atoms with E-state index in [1.807, 2.05) is 17.5 Å². The van der Waals surface area contributed by atoms with Crippen LogP contribution in [0.4, 0.5) is 5.13 Å². The second kappa shape index (κ2) is 7.17. The Morgan fingerprint density at radius 1 is 1.43 bits per heavy atom. The molecule has 2 aromatic heterocycles. The molecular formula is C13H17N3O2S3. The van der Waals surface area contributed by atoms with Crippen LogP contribution < -0.4 is 10.0 Å². The van der Waals surface area contributed by atoms with Crippen LogP contribution in [0.15, 0.2) is 30.2 Å². The second-order valence-corrected chi connectivity index (χ2v) is 8.25. The molecule has 0 bridgehead atoms. The summed E-state index contributed by atoms with van der Waals surface area (Å²) in [7, 11) is -3.12. The molecular weight excluding hydrogens is 326 g/mol. The molecule has 0 fully saturated rings. The molecule has 5 nitrogen and oxygen atoms in total. The van der Waals surface area contributed by atoms with Gasteiger partial charge in [-0.25, -0.2) is 18.1 Å². The average molecular weight is 343 g/mol. The molecule has 0 radical (unpaired) electrons. The Morgan fingerprint density at radius 3 is 2.95 bits per heavy atom. The summed E-state index contributed by atoms with van der Waals surface area (Å²) in [5, 5.41) is 6.04.